The first-order chi connectivity index (χ1) is 16.6. The van der Waals surface area contributed by atoms with Gasteiger partial charge in [-0.15, -0.1) is 0 Å². The Balaban J connectivity index is 1.14. The number of para-hydroxylation sites is 1. The van der Waals surface area contributed by atoms with Crippen LogP contribution in [0.2, 0.25) is 0 Å². The van der Waals surface area contributed by atoms with Crippen LogP contribution in [0.5, 0.6) is 5.75 Å². The average Bonchev–Trinajstić information content (AvgIpc) is 2.84. The van der Waals surface area contributed by atoms with Gasteiger partial charge in [-0.25, -0.2) is 4.90 Å². The molecule has 186 valence electrons. The predicted molar refractivity (Wildman–Crippen MR) is 132 cm³/mol. The highest BCUT2D eigenvalue weighted by atomic mass is 16.3. The molecule has 0 saturated carbocycles. The topological polar surface area (TPSA) is 129 Å². The lowest BCUT2D eigenvalue weighted by atomic mass is 10.1. The smallest absolute Gasteiger partial charge is 0.251 e. The zero-order chi connectivity index (χ0) is 24.2. The summed E-state index contributed by atoms with van der Waals surface area (Å²) in [5.41, 5.74) is 2.10. The lowest BCUT2D eigenvalue weighted by Gasteiger charge is -2.38. The van der Waals surface area contributed by atoms with Crippen LogP contribution < -0.4 is 21.3 Å². The van der Waals surface area contributed by atoms with Gasteiger partial charge in [-0.05, 0) is 82.2 Å². The van der Waals surface area contributed by atoms with Gasteiger partial charge in [0.25, 0.3) is 5.91 Å². The quantitative estimate of drug-likeness (QED) is 0.207. The van der Waals surface area contributed by atoms with E-state index < -0.39 is 12.6 Å². The van der Waals surface area contributed by atoms with Crippen LogP contribution in [0.25, 0.3) is 0 Å². The summed E-state index contributed by atoms with van der Waals surface area (Å²) in [5.74, 6) is 0.0218. The first-order valence-electron chi connectivity index (χ1n) is 12.0. The average molecular weight is 472 g/mol. The Labute approximate surface area is 201 Å². The van der Waals surface area contributed by atoms with Crippen molar-refractivity contribution < 1.29 is 20.1 Å². The molecule has 9 heteroatoms. The fraction of sp³-hybridized carbons (Fsp3) is 0.480. The second-order valence-corrected chi connectivity index (χ2v) is 8.43. The molecule has 0 spiro atoms. The highest BCUT2D eigenvalue weighted by Crippen LogP contribution is 2.31. The molecule has 1 aliphatic rings. The number of unbranched alkanes of at least 4 members (excludes halogenated alkanes) is 1. The van der Waals surface area contributed by atoms with E-state index in [4.69, 9.17) is 0 Å². The Bertz CT molecular complexity index is 880. The summed E-state index contributed by atoms with van der Waals surface area (Å²) < 4.78 is 0. The number of hydrogen-bond acceptors (Lipinski definition) is 8. The van der Waals surface area contributed by atoms with E-state index >= 15 is 0 Å². The molecule has 0 aromatic heterocycles. The fourth-order valence-electron chi connectivity index (χ4n) is 3.90. The van der Waals surface area contributed by atoms with Crippen LogP contribution in [-0.4, -0.2) is 71.7 Å². The maximum Gasteiger partial charge on any atom is 0.251 e. The van der Waals surface area contributed by atoms with E-state index in [1.54, 1.807) is 17.0 Å². The molecule has 0 saturated heterocycles. The molecular formula is C25H37N5O4. The van der Waals surface area contributed by atoms with E-state index in [1.165, 1.54) is 12.1 Å². The molecule has 3 rings (SSSR count). The van der Waals surface area contributed by atoms with Crippen molar-refractivity contribution in [1.82, 2.24) is 20.9 Å². The molecule has 9 nitrogen and oxygen atoms in total. The second-order valence-electron chi connectivity index (χ2n) is 8.43. The van der Waals surface area contributed by atoms with E-state index in [2.05, 4.69) is 21.3 Å². The molecule has 0 fully saturated rings. The SMILES string of the molecule is O=C(NCCCNCCCCNCCCN1C(O)Nc2ccccc2C1O)c1ccc(O)cc1. The number of anilines is 1. The van der Waals surface area contributed by atoms with Gasteiger partial charge in [0.2, 0.25) is 0 Å². The third kappa shape index (κ3) is 7.96. The third-order valence-corrected chi connectivity index (χ3v) is 5.82. The van der Waals surface area contributed by atoms with Crippen molar-refractivity contribution >= 4 is 11.6 Å². The Morgan fingerprint density at radius 3 is 2.24 bits per heavy atom. The minimum atomic E-state index is -0.892. The molecule has 0 bridgehead atoms. The zero-order valence-electron chi connectivity index (χ0n) is 19.5. The molecule has 1 heterocycles. The number of amides is 1. The van der Waals surface area contributed by atoms with E-state index in [1.807, 2.05) is 24.3 Å². The number of phenols is 1. The standard InChI is InChI=1S/C25H37N5O4/c31-20-11-9-19(10-12-20)23(32)28-17-5-15-26-13-3-4-14-27-16-6-18-30-24(33)21-7-1-2-8-22(21)29-25(30)34/h1-2,7-12,24-27,29,31,33-34H,3-6,13-18H2,(H,28,32). The largest absolute Gasteiger partial charge is 0.508 e. The van der Waals surface area contributed by atoms with Gasteiger partial charge in [-0.3, -0.25) is 4.79 Å². The van der Waals surface area contributed by atoms with Gasteiger partial charge >= 0.3 is 0 Å². The predicted octanol–water partition coefficient (Wildman–Crippen LogP) is 1.56. The fourth-order valence-corrected chi connectivity index (χ4v) is 3.90. The van der Waals surface area contributed by atoms with Crippen LogP contribution in [0.1, 0.15) is 47.8 Å². The molecule has 34 heavy (non-hydrogen) atoms. The summed E-state index contributed by atoms with van der Waals surface area (Å²) in [7, 11) is 0. The summed E-state index contributed by atoms with van der Waals surface area (Å²) in [6.07, 6.45) is 2.12. The van der Waals surface area contributed by atoms with Gasteiger partial charge in [0.15, 0.2) is 6.35 Å². The number of fused-ring (bicyclic) bond motifs is 1. The zero-order valence-corrected chi connectivity index (χ0v) is 19.5. The lowest BCUT2D eigenvalue weighted by molar-refractivity contribution is -0.0979. The van der Waals surface area contributed by atoms with Crippen LogP contribution in [0.3, 0.4) is 0 Å². The monoisotopic (exact) mass is 471 g/mol. The van der Waals surface area contributed by atoms with Crippen molar-refractivity contribution in [3.8, 4) is 5.75 Å². The number of carbonyl (C=O) groups is 1. The lowest BCUT2D eigenvalue weighted by Crippen LogP contribution is -2.47. The Morgan fingerprint density at radius 2 is 1.50 bits per heavy atom. The summed E-state index contributed by atoms with van der Waals surface area (Å²) in [4.78, 5) is 13.6. The highest BCUT2D eigenvalue weighted by molar-refractivity contribution is 5.94. The Hall–Kier alpha value is -2.69. The van der Waals surface area contributed by atoms with E-state index in [0.29, 0.717) is 18.7 Å². The van der Waals surface area contributed by atoms with Crippen molar-refractivity contribution in [3.05, 3.63) is 59.7 Å². The van der Waals surface area contributed by atoms with E-state index in [9.17, 15) is 20.1 Å². The van der Waals surface area contributed by atoms with Crippen molar-refractivity contribution in [2.24, 2.45) is 0 Å². The summed E-state index contributed by atoms with van der Waals surface area (Å²) in [6, 6.07) is 13.7. The summed E-state index contributed by atoms with van der Waals surface area (Å²) >= 11 is 0. The number of nitrogens with one attached hydrogen (secondary N) is 4. The number of rotatable bonds is 14. The number of nitrogens with zero attached hydrogens (tertiary/aromatic N) is 1. The number of aromatic hydroxyl groups is 1. The summed E-state index contributed by atoms with van der Waals surface area (Å²) in [5, 5.41) is 42.7. The van der Waals surface area contributed by atoms with Crippen molar-refractivity contribution in [2.45, 2.75) is 38.3 Å². The molecule has 0 radical (unpaired) electrons. The highest BCUT2D eigenvalue weighted by Gasteiger charge is 2.30. The molecule has 2 atom stereocenters. The Morgan fingerprint density at radius 1 is 0.853 bits per heavy atom. The summed E-state index contributed by atoms with van der Waals surface area (Å²) in [6.45, 7) is 4.73. The minimum absolute atomic E-state index is 0.128. The van der Waals surface area contributed by atoms with Gasteiger partial charge in [-0.2, -0.15) is 0 Å². The van der Waals surface area contributed by atoms with Gasteiger partial charge in [-0.1, -0.05) is 18.2 Å². The van der Waals surface area contributed by atoms with Gasteiger partial charge in [0.1, 0.15) is 12.0 Å². The first kappa shape index (κ1) is 25.9. The van der Waals surface area contributed by atoms with Gasteiger partial charge < -0.3 is 36.6 Å². The maximum absolute atomic E-state index is 12.0. The van der Waals surface area contributed by atoms with E-state index in [-0.39, 0.29) is 11.7 Å². The normalized spacial score (nSPS) is 17.7. The molecule has 2 unspecified atom stereocenters. The van der Waals surface area contributed by atoms with Crippen molar-refractivity contribution in [2.75, 3.05) is 44.6 Å². The number of aliphatic hydroxyl groups is 2. The number of aliphatic hydroxyl groups excluding tert-OH is 2. The molecular weight excluding hydrogens is 434 g/mol. The van der Waals surface area contributed by atoms with Crippen molar-refractivity contribution in [3.63, 3.8) is 0 Å². The van der Waals surface area contributed by atoms with Crippen LogP contribution in [0.4, 0.5) is 5.69 Å². The van der Waals surface area contributed by atoms with Crippen LogP contribution in [0, 0.1) is 0 Å². The molecule has 2 aromatic carbocycles. The molecule has 2 aromatic rings. The van der Waals surface area contributed by atoms with E-state index in [0.717, 1.165) is 63.1 Å². The van der Waals surface area contributed by atoms with Gasteiger partial charge in [0, 0.05) is 29.9 Å². The minimum Gasteiger partial charge on any atom is -0.508 e. The maximum atomic E-state index is 12.0. The van der Waals surface area contributed by atoms with Crippen LogP contribution >= 0.6 is 0 Å². The molecule has 7 N–H and O–H groups in total. The third-order valence-electron chi connectivity index (χ3n) is 5.82. The Kier molecular flexibility index (Phi) is 10.6. The number of hydrogen-bond donors (Lipinski definition) is 7. The number of carbonyl (C=O) groups excluding carboxylic acids is 1. The number of benzene rings is 2. The second kappa shape index (κ2) is 13.9. The van der Waals surface area contributed by atoms with Crippen molar-refractivity contribution in [1.29, 1.82) is 0 Å². The van der Waals surface area contributed by atoms with Gasteiger partial charge in [0.05, 0.1) is 0 Å². The van der Waals surface area contributed by atoms with Crippen LogP contribution in [-0.2, 0) is 0 Å². The molecule has 1 amide bonds. The molecule has 1 aliphatic heterocycles. The first-order valence-corrected chi connectivity index (χ1v) is 12.0. The van der Waals surface area contributed by atoms with Crippen LogP contribution in [0.15, 0.2) is 48.5 Å². The number of phenolic OH excluding ortho intramolecular Hbond substituents is 1. The molecule has 0 aliphatic carbocycles.